The van der Waals surface area contributed by atoms with E-state index in [4.69, 9.17) is 4.74 Å². The predicted octanol–water partition coefficient (Wildman–Crippen LogP) is 4.26. The first kappa shape index (κ1) is 14.3. The van der Waals surface area contributed by atoms with Gasteiger partial charge in [0.25, 0.3) is 0 Å². The van der Waals surface area contributed by atoms with Crippen LogP contribution in [0.1, 0.15) is 43.5 Å². The zero-order valence-corrected chi connectivity index (χ0v) is 12.8. The minimum Gasteiger partial charge on any atom is -0.370 e. The van der Waals surface area contributed by atoms with E-state index in [1.165, 1.54) is 11.1 Å². The molecule has 1 N–H and O–H groups in total. The first-order valence-electron chi connectivity index (χ1n) is 7.71. The first-order valence-corrected chi connectivity index (χ1v) is 7.71. The molecule has 21 heavy (non-hydrogen) atoms. The molecule has 2 aromatic rings. The predicted molar refractivity (Wildman–Crippen MR) is 86.1 cm³/mol. The summed E-state index contributed by atoms with van der Waals surface area (Å²) in [5.41, 5.74) is 2.55. The van der Waals surface area contributed by atoms with Gasteiger partial charge in [-0.3, -0.25) is 5.32 Å². The lowest BCUT2D eigenvalue weighted by atomic mass is 9.88. The SMILES string of the molecule is CCC1(C)COC(c2ccccc2)C(c2ccccc2)N1. The van der Waals surface area contributed by atoms with Crippen LogP contribution in [0, 0.1) is 0 Å². The Kier molecular flexibility index (Phi) is 4.09. The number of nitrogens with one attached hydrogen (secondary N) is 1. The van der Waals surface area contributed by atoms with Gasteiger partial charge in [-0.1, -0.05) is 67.6 Å². The van der Waals surface area contributed by atoms with Gasteiger partial charge in [-0.25, -0.2) is 0 Å². The van der Waals surface area contributed by atoms with Crippen molar-refractivity contribution in [3.05, 3.63) is 71.8 Å². The van der Waals surface area contributed by atoms with Crippen molar-refractivity contribution in [2.45, 2.75) is 38.0 Å². The van der Waals surface area contributed by atoms with Crippen LogP contribution in [0.5, 0.6) is 0 Å². The van der Waals surface area contributed by atoms with Gasteiger partial charge >= 0.3 is 0 Å². The normalized spacial score (nSPS) is 29.2. The van der Waals surface area contributed by atoms with Crippen LogP contribution in [0.2, 0.25) is 0 Å². The molecule has 3 unspecified atom stereocenters. The summed E-state index contributed by atoms with van der Waals surface area (Å²) >= 11 is 0. The van der Waals surface area contributed by atoms with Crippen LogP contribution in [0.3, 0.4) is 0 Å². The summed E-state index contributed by atoms with van der Waals surface area (Å²) in [6.07, 6.45) is 1.12. The van der Waals surface area contributed by atoms with E-state index < -0.39 is 0 Å². The number of hydrogen-bond donors (Lipinski definition) is 1. The molecular weight excluding hydrogens is 258 g/mol. The van der Waals surface area contributed by atoms with Crippen molar-refractivity contribution < 1.29 is 4.74 Å². The van der Waals surface area contributed by atoms with Gasteiger partial charge in [0.05, 0.1) is 12.6 Å². The molecule has 0 spiro atoms. The third-order valence-electron chi connectivity index (χ3n) is 4.46. The Morgan fingerprint density at radius 2 is 1.57 bits per heavy atom. The highest BCUT2D eigenvalue weighted by Crippen LogP contribution is 2.38. The summed E-state index contributed by atoms with van der Waals surface area (Å²) in [6.45, 7) is 5.19. The van der Waals surface area contributed by atoms with Gasteiger partial charge in [-0.05, 0) is 24.5 Å². The van der Waals surface area contributed by atoms with Gasteiger partial charge in [0.2, 0.25) is 0 Å². The minimum absolute atomic E-state index is 0.0335. The Bertz CT molecular complexity index is 569. The van der Waals surface area contributed by atoms with Gasteiger partial charge < -0.3 is 4.74 Å². The highest BCUT2D eigenvalue weighted by atomic mass is 16.5. The van der Waals surface area contributed by atoms with Crippen LogP contribution in [0.4, 0.5) is 0 Å². The quantitative estimate of drug-likeness (QED) is 0.907. The topological polar surface area (TPSA) is 21.3 Å². The molecule has 1 saturated heterocycles. The van der Waals surface area contributed by atoms with E-state index in [0.717, 1.165) is 13.0 Å². The molecule has 0 radical (unpaired) electrons. The van der Waals surface area contributed by atoms with Gasteiger partial charge in [-0.15, -0.1) is 0 Å². The number of hydrogen-bond acceptors (Lipinski definition) is 2. The molecule has 2 heteroatoms. The maximum Gasteiger partial charge on any atom is 0.102 e. The van der Waals surface area contributed by atoms with Crippen molar-refractivity contribution in [1.82, 2.24) is 5.32 Å². The lowest BCUT2D eigenvalue weighted by Gasteiger charge is -2.44. The zero-order valence-electron chi connectivity index (χ0n) is 12.8. The number of morpholine rings is 1. The Hall–Kier alpha value is -1.64. The summed E-state index contributed by atoms with van der Waals surface area (Å²) in [6, 6.07) is 21.3. The molecule has 0 bridgehead atoms. The van der Waals surface area contributed by atoms with Crippen LogP contribution < -0.4 is 5.32 Å². The summed E-state index contributed by atoms with van der Waals surface area (Å²) < 4.78 is 6.28. The first-order chi connectivity index (χ1) is 10.2. The molecule has 2 aromatic carbocycles. The Labute approximate surface area is 127 Å². The fraction of sp³-hybridized carbons (Fsp3) is 0.368. The third kappa shape index (κ3) is 3.02. The Balaban J connectivity index is 1.95. The molecule has 1 heterocycles. The maximum atomic E-state index is 6.28. The third-order valence-corrected chi connectivity index (χ3v) is 4.46. The molecule has 0 aliphatic carbocycles. The van der Waals surface area contributed by atoms with E-state index in [2.05, 4.69) is 73.8 Å². The van der Waals surface area contributed by atoms with Crippen molar-refractivity contribution in [3.63, 3.8) is 0 Å². The molecule has 0 saturated carbocycles. The standard InChI is InChI=1S/C19H23NO/c1-3-19(2)14-21-18(16-12-8-5-9-13-16)17(20-19)15-10-6-4-7-11-15/h4-13,17-18,20H,3,14H2,1-2H3. The van der Waals surface area contributed by atoms with E-state index in [-0.39, 0.29) is 17.7 Å². The van der Waals surface area contributed by atoms with E-state index in [1.54, 1.807) is 0 Å². The highest BCUT2D eigenvalue weighted by Gasteiger charge is 2.38. The molecule has 3 rings (SSSR count). The summed E-state index contributed by atoms with van der Waals surface area (Å²) in [4.78, 5) is 0. The number of rotatable bonds is 3. The van der Waals surface area contributed by atoms with Gasteiger partial charge in [0.1, 0.15) is 6.10 Å². The van der Waals surface area contributed by atoms with E-state index in [1.807, 2.05) is 6.07 Å². The van der Waals surface area contributed by atoms with E-state index >= 15 is 0 Å². The lowest BCUT2D eigenvalue weighted by Crippen LogP contribution is -2.53. The largest absolute Gasteiger partial charge is 0.370 e. The molecule has 1 fully saturated rings. The average Bonchev–Trinajstić information content (AvgIpc) is 2.56. The van der Waals surface area contributed by atoms with Crippen LogP contribution in [-0.4, -0.2) is 12.1 Å². The minimum atomic E-state index is 0.0335. The monoisotopic (exact) mass is 281 g/mol. The zero-order chi connectivity index (χ0) is 14.7. The summed E-state index contributed by atoms with van der Waals surface area (Å²) in [5.74, 6) is 0. The van der Waals surface area contributed by atoms with Crippen LogP contribution >= 0.6 is 0 Å². The highest BCUT2D eigenvalue weighted by molar-refractivity contribution is 5.27. The second-order valence-corrected chi connectivity index (χ2v) is 6.09. The van der Waals surface area contributed by atoms with Crippen LogP contribution in [0.25, 0.3) is 0 Å². The molecule has 3 atom stereocenters. The second-order valence-electron chi connectivity index (χ2n) is 6.09. The molecule has 0 amide bonds. The fourth-order valence-electron chi connectivity index (χ4n) is 2.92. The smallest absolute Gasteiger partial charge is 0.102 e. The van der Waals surface area contributed by atoms with E-state index in [9.17, 15) is 0 Å². The van der Waals surface area contributed by atoms with E-state index in [0.29, 0.717) is 0 Å². The van der Waals surface area contributed by atoms with Crippen LogP contribution in [0.15, 0.2) is 60.7 Å². The van der Waals surface area contributed by atoms with Crippen molar-refractivity contribution in [1.29, 1.82) is 0 Å². The molecule has 0 aromatic heterocycles. The Morgan fingerprint density at radius 1 is 1.00 bits per heavy atom. The number of ether oxygens (including phenoxy) is 1. The molecule has 1 aliphatic heterocycles. The second kappa shape index (κ2) is 6.00. The lowest BCUT2D eigenvalue weighted by molar-refractivity contribution is -0.0621. The molecular formula is C19H23NO. The van der Waals surface area contributed by atoms with Gasteiger partial charge in [0, 0.05) is 5.54 Å². The van der Waals surface area contributed by atoms with Crippen molar-refractivity contribution in [3.8, 4) is 0 Å². The summed E-state index contributed by atoms with van der Waals surface area (Å²) in [7, 11) is 0. The van der Waals surface area contributed by atoms with Crippen molar-refractivity contribution in [2.75, 3.05) is 6.61 Å². The van der Waals surface area contributed by atoms with Gasteiger partial charge in [0.15, 0.2) is 0 Å². The van der Waals surface area contributed by atoms with Gasteiger partial charge in [-0.2, -0.15) is 0 Å². The Morgan fingerprint density at radius 3 is 2.14 bits per heavy atom. The van der Waals surface area contributed by atoms with Crippen molar-refractivity contribution >= 4 is 0 Å². The molecule has 2 nitrogen and oxygen atoms in total. The molecule has 110 valence electrons. The average molecular weight is 281 g/mol. The molecule has 1 aliphatic rings. The number of benzene rings is 2. The van der Waals surface area contributed by atoms with Crippen molar-refractivity contribution in [2.24, 2.45) is 0 Å². The maximum absolute atomic E-state index is 6.28. The van der Waals surface area contributed by atoms with Crippen LogP contribution in [-0.2, 0) is 4.74 Å². The fourth-order valence-corrected chi connectivity index (χ4v) is 2.92. The summed E-state index contributed by atoms with van der Waals surface area (Å²) in [5, 5.41) is 3.82.